The zero-order valence-electron chi connectivity index (χ0n) is 14.6. The Morgan fingerprint density at radius 1 is 1.23 bits per heavy atom. The van der Waals surface area contributed by atoms with Gasteiger partial charge in [-0.15, -0.1) is 11.3 Å². The highest BCUT2D eigenvalue weighted by Gasteiger charge is 2.27. The molecule has 0 aliphatic carbocycles. The number of hydrogen-bond donors (Lipinski definition) is 1. The Bertz CT molecular complexity index is 825. The van der Waals surface area contributed by atoms with Gasteiger partial charge in [0.2, 0.25) is 10.0 Å². The summed E-state index contributed by atoms with van der Waals surface area (Å²) in [5.74, 6) is 0.666. The molecule has 140 valence electrons. The summed E-state index contributed by atoms with van der Waals surface area (Å²) in [6.45, 7) is 3.51. The van der Waals surface area contributed by atoms with E-state index in [9.17, 15) is 13.2 Å². The predicted octanol–water partition coefficient (Wildman–Crippen LogP) is 2.73. The number of nitrogens with one attached hydrogen (secondary N) is 1. The molecule has 1 aliphatic rings. The van der Waals surface area contributed by atoms with Crippen LogP contribution in [0.4, 0.5) is 0 Å². The zero-order valence-corrected chi connectivity index (χ0v) is 16.2. The van der Waals surface area contributed by atoms with Crippen molar-refractivity contribution >= 4 is 27.3 Å². The fourth-order valence-corrected chi connectivity index (χ4v) is 4.92. The first-order chi connectivity index (χ1) is 12.5. The van der Waals surface area contributed by atoms with Gasteiger partial charge in [-0.1, -0.05) is 6.07 Å². The van der Waals surface area contributed by atoms with Crippen LogP contribution in [-0.2, 0) is 10.0 Å². The van der Waals surface area contributed by atoms with Crippen LogP contribution in [-0.4, -0.2) is 45.0 Å². The van der Waals surface area contributed by atoms with Gasteiger partial charge in [-0.25, -0.2) is 13.1 Å². The van der Waals surface area contributed by atoms with E-state index in [2.05, 4.69) is 4.72 Å². The molecule has 1 aromatic carbocycles. The third-order valence-corrected chi connectivity index (χ3v) is 6.68. The van der Waals surface area contributed by atoms with Crippen molar-refractivity contribution in [3.8, 4) is 5.75 Å². The monoisotopic (exact) mass is 394 g/mol. The fraction of sp³-hybridized carbons (Fsp3) is 0.389. The number of nitrogens with zero attached hydrogens (tertiary/aromatic N) is 1. The quantitative estimate of drug-likeness (QED) is 0.817. The number of likely N-dealkylation sites (tertiary alicyclic amines) is 1. The molecule has 1 aromatic heterocycles. The number of carbonyl (C=O) groups excluding carboxylic acids is 1. The van der Waals surface area contributed by atoms with Crippen molar-refractivity contribution in [3.05, 3.63) is 46.7 Å². The standard InChI is InChI=1S/C18H22N2O4S2/c1-2-24-15-5-7-16(8-6-15)26(22,23)19-14-9-11-20(12-10-14)18(21)17-4-3-13-25-17/h3-8,13-14,19H,2,9-12H2,1H3. The average Bonchev–Trinajstić information content (AvgIpc) is 3.17. The Balaban J connectivity index is 1.57. The molecule has 0 radical (unpaired) electrons. The molecule has 2 heterocycles. The highest BCUT2D eigenvalue weighted by molar-refractivity contribution is 7.89. The summed E-state index contributed by atoms with van der Waals surface area (Å²) in [4.78, 5) is 15.1. The van der Waals surface area contributed by atoms with E-state index in [1.54, 1.807) is 29.2 Å². The molecule has 3 rings (SSSR count). The number of rotatable bonds is 6. The minimum absolute atomic E-state index is 0.0211. The molecule has 6 nitrogen and oxygen atoms in total. The van der Waals surface area contributed by atoms with Gasteiger partial charge in [0.25, 0.3) is 5.91 Å². The van der Waals surface area contributed by atoms with E-state index in [0.29, 0.717) is 38.3 Å². The van der Waals surface area contributed by atoms with Crippen molar-refractivity contribution in [2.75, 3.05) is 19.7 Å². The third-order valence-electron chi connectivity index (χ3n) is 4.28. The van der Waals surface area contributed by atoms with E-state index >= 15 is 0 Å². The van der Waals surface area contributed by atoms with Crippen LogP contribution in [0, 0.1) is 0 Å². The number of piperidine rings is 1. The van der Waals surface area contributed by atoms with E-state index < -0.39 is 10.0 Å². The Morgan fingerprint density at radius 3 is 2.50 bits per heavy atom. The lowest BCUT2D eigenvalue weighted by Gasteiger charge is -2.32. The normalized spacial score (nSPS) is 15.8. The van der Waals surface area contributed by atoms with Gasteiger partial charge in [0, 0.05) is 19.1 Å². The molecule has 26 heavy (non-hydrogen) atoms. The molecular formula is C18H22N2O4S2. The van der Waals surface area contributed by atoms with Crippen molar-refractivity contribution in [2.45, 2.75) is 30.7 Å². The summed E-state index contributed by atoms with van der Waals surface area (Å²) in [7, 11) is -3.58. The van der Waals surface area contributed by atoms with Crippen molar-refractivity contribution in [2.24, 2.45) is 0 Å². The van der Waals surface area contributed by atoms with Crippen LogP contribution in [0.2, 0.25) is 0 Å². The Morgan fingerprint density at radius 2 is 1.92 bits per heavy atom. The summed E-state index contributed by atoms with van der Waals surface area (Å²) in [6, 6.07) is 9.90. The molecule has 1 amide bonds. The molecule has 1 fully saturated rings. The van der Waals surface area contributed by atoms with Gasteiger partial charge in [-0.3, -0.25) is 4.79 Å². The first-order valence-corrected chi connectivity index (χ1v) is 10.9. The number of sulfonamides is 1. The number of amides is 1. The Labute approximate surface area is 157 Å². The van der Waals surface area contributed by atoms with Crippen LogP contribution < -0.4 is 9.46 Å². The van der Waals surface area contributed by atoms with Gasteiger partial charge < -0.3 is 9.64 Å². The molecule has 1 saturated heterocycles. The summed E-state index contributed by atoms with van der Waals surface area (Å²) in [5.41, 5.74) is 0. The van der Waals surface area contributed by atoms with Crippen LogP contribution >= 0.6 is 11.3 Å². The number of thiophene rings is 1. The highest BCUT2D eigenvalue weighted by atomic mass is 32.2. The molecule has 0 spiro atoms. The van der Waals surface area contributed by atoms with Crippen LogP contribution in [0.25, 0.3) is 0 Å². The molecule has 0 unspecified atom stereocenters. The molecule has 1 aliphatic heterocycles. The molecule has 0 bridgehead atoms. The second-order valence-electron chi connectivity index (χ2n) is 6.07. The fourth-order valence-electron chi connectivity index (χ4n) is 2.93. The van der Waals surface area contributed by atoms with Crippen LogP contribution in [0.1, 0.15) is 29.4 Å². The number of carbonyl (C=O) groups is 1. The lowest BCUT2D eigenvalue weighted by Crippen LogP contribution is -2.46. The SMILES string of the molecule is CCOc1ccc(S(=O)(=O)NC2CCN(C(=O)c3cccs3)CC2)cc1. The van der Waals surface area contributed by atoms with Gasteiger partial charge in [-0.2, -0.15) is 0 Å². The van der Waals surface area contributed by atoms with E-state index in [4.69, 9.17) is 4.74 Å². The van der Waals surface area contributed by atoms with Gasteiger partial charge in [0.1, 0.15) is 5.75 Å². The molecule has 0 saturated carbocycles. The number of ether oxygens (including phenoxy) is 1. The topological polar surface area (TPSA) is 75.7 Å². The van der Waals surface area contributed by atoms with Crippen LogP contribution in [0.15, 0.2) is 46.7 Å². The first-order valence-electron chi connectivity index (χ1n) is 8.57. The lowest BCUT2D eigenvalue weighted by atomic mass is 10.1. The van der Waals surface area contributed by atoms with Crippen molar-refractivity contribution in [1.29, 1.82) is 0 Å². The molecule has 8 heteroatoms. The van der Waals surface area contributed by atoms with E-state index in [1.807, 2.05) is 24.4 Å². The summed E-state index contributed by atoms with van der Waals surface area (Å²) in [6.07, 6.45) is 1.21. The number of hydrogen-bond acceptors (Lipinski definition) is 5. The smallest absolute Gasteiger partial charge is 0.263 e. The first kappa shape index (κ1) is 18.9. The molecular weight excluding hydrogens is 372 g/mol. The second kappa shape index (κ2) is 8.20. The lowest BCUT2D eigenvalue weighted by molar-refractivity contribution is 0.0716. The minimum atomic E-state index is -3.58. The third kappa shape index (κ3) is 4.44. The van der Waals surface area contributed by atoms with Crippen LogP contribution in [0.3, 0.4) is 0 Å². The van der Waals surface area contributed by atoms with Crippen molar-refractivity contribution in [3.63, 3.8) is 0 Å². The summed E-state index contributed by atoms with van der Waals surface area (Å²) < 4.78 is 33.2. The molecule has 0 atom stereocenters. The van der Waals surface area contributed by atoms with Crippen molar-refractivity contribution in [1.82, 2.24) is 9.62 Å². The van der Waals surface area contributed by atoms with E-state index in [0.717, 1.165) is 4.88 Å². The largest absolute Gasteiger partial charge is 0.494 e. The maximum Gasteiger partial charge on any atom is 0.263 e. The highest BCUT2D eigenvalue weighted by Crippen LogP contribution is 2.20. The van der Waals surface area contributed by atoms with Gasteiger partial charge in [-0.05, 0) is 55.5 Å². The van der Waals surface area contributed by atoms with E-state index in [-0.39, 0.29) is 16.8 Å². The molecule has 2 aromatic rings. The maximum atomic E-state index is 12.5. The summed E-state index contributed by atoms with van der Waals surface area (Å²) >= 11 is 1.42. The van der Waals surface area contributed by atoms with Gasteiger partial charge >= 0.3 is 0 Å². The summed E-state index contributed by atoms with van der Waals surface area (Å²) in [5, 5.41) is 1.88. The van der Waals surface area contributed by atoms with Crippen molar-refractivity contribution < 1.29 is 17.9 Å². The maximum absolute atomic E-state index is 12.5. The second-order valence-corrected chi connectivity index (χ2v) is 8.73. The van der Waals surface area contributed by atoms with E-state index in [1.165, 1.54) is 11.3 Å². The van der Waals surface area contributed by atoms with Crippen LogP contribution in [0.5, 0.6) is 5.75 Å². The predicted molar refractivity (Wildman–Crippen MR) is 101 cm³/mol. The Kier molecular flexibility index (Phi) is 5.95. The van der Waals surface area contributed by atoms with Gasteiger partial charge in [0.15, 0.2) is 0 Å². The van der Waals surface area contributed by atoms with Gasteiger partial charge in [0.05, 0.1) is 16.4 Å². The minimum Gasteiger partial charge on any atom is -0.494 e. The zero-order chi connectivity index (χ0) is 18.6. The molecule has 1 N–H and O–H groups in total. The Hall–Kier alpha value is -1.90. The number of benzene rings is 1. The average molecular weight is 395 g/mol.